The van der Waals surface area contributed by atoms with Gasteiger partial charge in [-0.15, -0.1) is 0 Å². The average molecular weight is 487 g/mol. The van der Waals surface area contributed by atoms with Crippen molar-refractivity contribution in [2.45, 2.75) is 110 Å². The van der Waals surface area contributed by atoms with E-state index >= 15 is 0 Å². The van der Waals surface area contributed by atoms with Crippen LogP contribution in [0.1, 0.15) is 68.7 Å². The van der Waals surface area contributed by atoms with Gasteiger partial charge in [-0.3, -0.25) is 14.4 Å². The van der Waals surface area contributed by atoms with Crippen molar-refractivity contribution in [1.82, 2.24) is 21.3 Å². The van der Waals surface area contributed by atoms with E-state index in [1.165, 1.54) is 14.0 Å². The molecule has 0 aromatic carbocycles. The minimum atomic E-state index is -2.46. The molecule has 0 saturated carbocycles. The number of rotatable bonds is 9. The van der Waals surface area contributed by atoms with Crippen LogP contribution in [0.2, 0.25) is 18.1 Å². The van der Waals surface area contributed by atoms with Crippen molar-refractivity contribution in [3.63, 3.8) is 0 Å². The van der Waals surface area contributed by atoms with Crippen LogP contribution in [0.15, 0.2) is 0 Å². The molecule has 0 fully saturated rings. The summed E-state index contributed by atoms with van der Waals surface area (Å²) < 4.78 is 5.22. The molecule has 0 bridgehead atoms. The molecule has 4 amide bonds. The van der Waals surface area contributed by atoms with E-state index in [0.29, 0.717) is 6.42 Å². The molecule has 33 heavy (non-hydrogen) atoms. The first-order valence-electron chi connectivity index (χ1n) is 11.5. The average Bonchev–Trinajstić information content (AvgIpc) is 2.61. The minimum absolute atomic E-state index is 0.187. The number of carbonyl (C=O) groups excluding carboxylic acids is 4. The zero-order valence-corrected chi connectivity index (χ0v) is 23.6. The van der Waals surface area contributed by atoms with Crippen molar-refractivity contribution < 1.29 is 23.9 Å². The molecule has 4 N–H and O–H groups in total. The van der Waals surface area contributed by atoms with Gasteiger partial charge in [0, 0.05) is 7.05 Å². The van der Waals surface area contributed by atoms with Crippen LogP contribution in [0, 0.1) is 5.92 Å². The molecule has 0 aliphatic heterocycles. The number of alkyl carbamates (subject to hydrolysis) is 1. The molecule has 0 unspecified atom stereocenters. The Morgan fingerprint density at radius 1 is 0.818 bits per heavy atom. The number of hydrogen-bond acceptors (Lipinski definition) is 5. The van der Waals surface area contributed by atoms with Gasteiger partial charge in [0.05, 0.1) is 13.7 Å². The summed E-state index contributed by atoms with van der Waals surface area (Å²) in [5.41, 5.74) is -1.51. The highest BCUT2D eigenvalue weighted by Gasteiger charge is 2.47. The molecule has 0 aliphatic rings. The highest BCUT2D eigenvalue weighted by molar-refractivity contribution is 6.84. The Kier molecular flexibility index (Phi) is 11.1. The quantitative estimate of drug-likeness (QED) is 0.373. The first-order valence-corrected chi connectivity index (χ1v) is 14.6. The summed E-state index contributed by atoms with van der Waals surface area (Å²) in [6.07, 6.45) is -0.240. The SMILES string of the molecule is CNC(=O)[C@H](CC(C)C)NC(=O)[C@@H](NC(=O)[C@H](C)NC(=O)OC(C)(C)C)[Si](C)(C)C(C)(C)C. The molecule has 3 atom stereocenters. The standard InChI is InChI=1S/C23H46N4O5Si/c1-14(2)13-16(18(29)24-10)26-19(30)20(33(11,12)23(7,8)9)27-17(28)15(3)25-21(31)32-22(4,5)6/h14-16,20H,13H2,1-12H3,(H,24,29)(H,25,31)(H,26,30)(H,27,28)/t15-,16-,20-/m0/s1. The smallest absolute Gasteiger partial charge is 0.408 e. The van der Waals surface area contributed by atoms with Crippen LogP contribution >= 0.6 is 0 Å². The lowest BCUT2D eigenvalue weighted by molar-refractivity contribution is -0.131. The fourth-order valence-electron chi connectivity index (χ4n) is 2.96. The molecule has 0 spiro atoms. The zero-order chi connectivity index (χ0) is 26.4. The van der Waals surface area contributed by atoms with Gasteiger partial charge in [0.25, 0.3) is 0 Å². The van der Waals surface area contributed by atoms with E-state index in [1.807, 2.05) is 47.7 Å². The second-order valence-corrected chi connectivity index (χ2v) is 17.1. The molecular weight excluding hydrogens is 440 g/mol. The monoisotopic (exact) mass is 486 g/mol. The normalized spacial score (nSPS) is 15.2. The summed E-state index contributed by atoms with van der Waals surface area (Å²) in [5, 5.41) is 10.6. The highest BCUT2D eigenvalue weighted by Crippen LogP contribution is 2.38. The van der Waals surface area contributed by atoms with Gasteiger partial charge in [0.1, 0.15) is 17.7 Å². The first kappa shape index (κ1) is 30.9. The van der Waals surface area contributed by atoms with Crippen LogP contribution in [-0.4, -0.2) is 62.3 Å². The Morgan fingerprint density at radius 3 is 1.73 bits per heavy atom. The first-order chi connectivity index (χ1) is 14.7. The largest absolute Gasteiger partial charge is 0.444 e. The van der Waals surface area contributed by atoms with Crippen LogP contribution in [0.5, 0.6) is 0 Å². The zero-order valence-electron chi connectivity index (χ0n) is 22.6. The topological polar surface area (TPSA) is 126 Å². The van der Waals surface area contributed by atoms with Crippen LogP contribution in [0.4, 0.5) is 4.79 Å². The van der Waals surface area contributed by atoms with Gasteiger partial charge in [-0.05, 0) is 45.1 Å². The third-order valence-corrected chi connectivity index (χ3v) is 11.6. The number of hydrogen-bond donors (Lipinski definition) is 4. The Labute approximate surface area is 200 Å². The lowest BCUT2D eigenvalue weighted by Crippen LogP contribution is -2.67. The van der Waals surface area contributed by atoms with Crippen molar-refractivity contribution in [3.8, 4) is 0 Å². The summed E-state index contributed by atoms with van der Waals surface area (Å²) in [4.78, 5) is 50.8. The number of likely N-dealkylation sites (N-methyl/N-ethyl adjacent to an activating group) is 1. The molecule has 9 nitrogen and oxygen atoms in total. The summed E-state index contributed by atoms with van der Waals surface area (Å²) in [7, 11) is -0.929. The van der Waals surface area contributed by atoms with E-state index in [9.17, 15) is 19.2 Å². The molecular formula is C23H46N4O5Si. The van der Waals surface area contributed by atoms with E-state index in [4.69, 9.17) is 4.74 Å². The van der Waals surface area contributed by atoms with E-state index in [-0.39, 0.29) is 16.9 Å². The van der Waals surface area contributed by atoms with Gasteiger partial charge >= 0.3 is 6.09 Å². The second-order valence-electron chi connectivity index (χ2n) is 11.6. The lowest BCUT2D eigenvalue weighted by atomic mass is 10.0. The molecule has 0 heterocycles. The Bertz CT molecular complexity index is 711. The van der Waals surface area contributed by atoms with Gasteiger partial charge in [-0.1, -0.05) is 47.7 Å². The van der Waals surface area contributed by atoms with E-state index in [0.717, 1.165) is 0 Å². The van der Waals surface area contributed by atoms with Crippen LogP contribution in [0.3, 0.4) is 0 Å². The highest BCUT2D eigenvalue weighted by atomic mass is 28.3. The maximum atomic E-state index is 13.4. The third-order valence-electron chi connectivity index (χ3n) is 5.92. The van der Waals surface area contributed by atoms with Crippen molar-refractivity contribution in [2.75, 3.05) is 7.05 Å². The molecule has 0 aromatic heterocycles. The fourth-order valence-corrected chi connectivity index (χ4v) is 5.06. The summed E-state index contributed by atoms with van der Waals surface area (Å²) in [6.45, 7) is 20.8. The number of carbonyl (C=O) groups is 4. The predicted molar refractivity (Wildman–Crippen MR) is 133 cm³/mol. The van der Waals surface area contributed by atoms with Crippen LogP contribution < -0.4 is 21.3 Å². The summed E-state index contributed by atoms with van der Waals surface area (Å²) >= 11 is 0. The van der Waals surface area contributed by atoms with Gasteiger partial charge in [-0.2, -0.15) is 0 Å². The van der Waals surface area contributed by atoms with Gasteiger partial charge in [0.15, 0.2) is 0 Å². The van der Waals surface area contributed by atoms with Gasteiger partial charge in [-0.25, -0.2) is 4.79 Å². The molecule has 0 aliphatic carbocycles. The number of nitrogens with one attached hydrogen (secondary N) is 4. The van der Waals surface area contributed by atoms with E-state index < -0.39 is 49.3 Å². The maximum Gasteiger partial charge on any atom is 0.408 e. The van der Waals surface area contributed by atoms with E-state index in [2.05, 4.69) is 21.3 Å². The van der Waals surface area contributed by atoms with Crippen LogP contribution in [-0.2, 0) is 19.1 Å². The maximum absolute atomic E-state index is 13.4. The van der Waals surface area contributed by atoms with Gasteiger partial charge in [0.2, 0.25) is 17.7 Å². The third kappa shape index (κ3) is 10.1. The van der Waals surface area contributed by atoms with Crippen molar-refractivity contribution in [1.29, 1.82) is 0 Å². The van der Waals surface area contributed by atoms with Crippen LogP contribution in [0.25, 0.3) is 0 Å². The van der Waals surface area contributed by atoms with Crippen molar-refractivity contribution in [2.24, 2.45) is 5.92 Å². The molecule has 0 rings (SSSR count). The molecule has 10 heteroatoms. The lowest BCUT2D eigenvalue weighted by Gasteiger charge is -2.43. The Hall–Kier alpha value is -2.10. The van der Waals surface area contributed by atoms with Crippen molar-refractivity contribution >= 4 is 31.9 Å². The Balaban J connectivity index is 5.77. The fraction of sp³-hybridized carbons (Fsp3) is 0.826. The van der Waals surface area contributed by atoms with Gasteiger partial charge < -0.3 is 26.0 Å². The predicted octanol–water partition coefficient (Wildman–Crippen LogP) is 2.71. The minimum Gasteiger partial charge on any atom is -0.444 e. The molecule has 0 saturated heterocycles. The summed E-state index contributed by atoms with van der Waals surface area (Å²) in [5.74, 6) is -0.983. The van der Waals surface area contributed by atoms with E-state index in [1.54, 1.807) is 20.8 Å². The molecule has 0 aromatic rings. The number of amides is 4. The molecule has 192 valence electrons. The second kappa shape index (κ2) is 11.9. The van der Waals surface area contributed by atoms with Crippen molar-refractivity contribution in [3.05, 3.63) is 0 Å². The summed E-state index contributed by atoms with van der Waals surface area (Å²) in [6, 6.07) is -1.62. The number of ether oxygens (including phenoxy) is 1. The Morgan fingerprint density at radius 2 is 1.33 bits per heavy atom. The molecule has 0 radical (unpaired) electrons.